The van der Waals surface area contributed by atoms with Crippen LogP contribution in [-0.2, 0) is 0 Å². The van der Waals surface area contributed by atoms with Crippen molar-refractivity contribution in [1.82, 2.24) is 8.94 Å². The van der Waals surface area contributed by atoms with E-state index in [0.717, 1.165) is 49.7 Å². The summed E-state index contributed by atoms with van der Waals surface area (Å²) in [6.07, 6.45) is 4.55. The van der Waals surface area contributed by atoms with Gasteiger partial charge in [0.2, 0.25) is 5.43 Å². The maximum Gasteiger partial charge on any atom is 0.271 e. The number of pyridine rings is 1. The second-order valence-electron chi connectivity index (χ2n) is 7.11. The lowest BCUT2D eigenvalue weighted by Crippen LogP contribution is -2.31. The first-order chi connectivity index (χ1) is 12.6. The Morgan fingerprint density at radius 1 is 1.12 bits per heavy atom. The quantitative estimate of drug-likeness (QED) is 0.744. The molecule has 2 aliphatic rings. The normalized spacial score (nSPS) is 18.2. The minimum Gasteiger partial charge on any atom is -0.367 e. The molecule has 5 nitrogen and oxygen atoms in total. The Balaban J connectivity index is 1.92. The largest absolute Gasteiger partial charge is 0.367 e. The number of anilines is 1. The molecule has 3 aromatic rings. The van der Waals surface area contributed by atoms with E-state index in [1.807, 2.05) is 0 Å². The standard InChI is InChI=1S/C18H17F2N3O2S/c19-11-8-10-14(13(20)15(11)22-6-2-1-3-7-22)23(9-4-5-9)18-12(16(10)24)17(25)21-26-18/h8-9H,1-7H2,(H,21,25). The number of H-pyrrole nitrogens is 1. The molecule has 2 aromatic heterocycles. The van der Waals surface area contributed by atoms with E-state index < -0.39 is 22.6 Å². The van der Waals surface area contributed by atoms with Gasteiger partial charge in [-0.3, -0.25) is 14.0 Å². The molecule has 1 aliphatic heterocycles. The third kappa shape index (κ3) is 2.17. The average molecular weight is 377 g/mol. The van der Waals surface area contributed by atoms with Crippen molar-refractivity contribution in [3.8, 4) is 0 Å². The van der Waals surface area contributed by atoms with Gasteiger partial charge in [-0.1, -0.05) is 0 Å². The molecule has 1 aromatic carbocycles. The molecule has 0 amide bonds. The zero-order valence-corrected chi connectivity index (χ0v) is 14.8. The lowest BCUT2D eigenvalue weighted by atomic mass is 10.1. The van der Waals surface area contributed by atoms with Gasteiger partial charge in [-0.25, -0.2) is 8.78 Å². The number of nitrogens with zero attached hydrogens (tertiary/aromatic N) is 2. The molecule has 0 bridgehead atoms. The smallest absolute Gasteiger partial charge is 0.271 e. The van der Waals surface area contributed by atoms with Crippen molar-refractivity contribution in [3.63, 3.8) is 0 Å². The first kappa shape index (κ1) is 16.0. The van der Waals surface area contributed by atoms with E-state index in [9.17, 15) is 14.0 Å². The zero-order chi connectivity index (χ0) is 18.0. The van der Waals surface area contributed by atoms with E-state index >= 15 is 4.39 Å². The van der Waals surface area contributed by atoms with Crippen molar-refractivity contribution in [2.45, 2.75) is 38.1 Å². The molecule has 0 spiro atoms. The zero-order valence-electron chi connectivity index (χ0n) is 14.0. The second kappa shape index (κ2) is 5.64. The summed E-state index contributed by atoms with van der Waals surface area (Å²) in [6.45, 7) is 1.21. The molecule has 1 saturated heterocycles. The Morgan fingerprint density at radius 3 is 2.54 bits per heavy atom. The fraction of sp³-hybridized carbons (Fsp3) is 0.444. The van der Waals surface area contributed by atoms with Crippen molar-refractivity contribution < 1.29 is 8.78 Å². The predicted octanol–water partition coefficient (Wildman–Crippen LogP) is 3.51. The molecule has 136 valence electrons. The minimum atomic E-state index is -0.734. The van der Waals surface area contributed by atoms with Crippen LogP contribution in [0.4, 0.5) is 14.5 Å². The summed E-state index contributed by atoms with van der Waals surface area (Å²) in [5.74, 6) is -1.42. The lowest BCUT2D eigenvalue weighted by Gasteiger charge is -2.30. The maximum absolute atomic E-state index is 15.6. The van der Waals surface area contributed by atoms with Gasteiger partial charge in [0.1, 0.15) is 21.7 Å². The molecular weight excluding hydrogens is 360 g/mol. The Morgan fingerprint density at radius 2 is 1.85 bits per heavy atom. The third-order valence-electron chi connectivity index (χ3n) is 5.37. The van der Waals surface area contributed by atoms with Crippen LogP contribution in [0, 0.1) is 11.6 Å². The molecule has 8 heteroatoms. The highest BCUT2D eigenvalue weighted by molar-refractivity contribution is 7.12. The van der Waals surface area contributed by atoms with E-state index in [1.165, 1.54) is 0 Å². The van der Waals surface area contributed by atoms with Crippen LogP contribution in [-0.4, -0.2) is 22.0 Å². The Bertz CT molecular complexity index is 1150. The van der Waals surface area contributed by atoms with Crippen LogP contribution in [0.15, 0.2) is 15.7 Å². The molecule has 0 atom stereocenters. The van der Waals surface area contributed by atoms with Crippen LogP contribution in [0.3, 0.4) is 0 Å². The molecule has 2 fully saturated rings. The van der Waals surface area contributed by atoms with Crippen molar-refractivity contribution >= 4 is 38.3 Å². The third-order valence-corrected chi connectivity index (χ3v) is 6.25. The summed E-state index contributed by atoms with van der Waals surface area (Å²) in [7, 11) is 0. The summed E-state index contributed by atoms with van der Waals surface area (Å²) >= 11 is 1.04. The summed E-state index contributed by atoms with van der Waals surface area (Å²) in [5, 5.41) is -0.0528. The number of aromatic amines is 1. The van der Waals surface area contributed by atoms with Gasteiger partial charge in [0.15, 0.2) is 5.82 Å². The first-order valence-electron chi connectivity index (χ1n) is 8.90. The van der Waals surface area contributed by atoms with Crippen molar-refractivity contribution in [1.29, 1.82) is 0 Å². The average Bonchev–Trinajstić information content (AvgIpc) is 3.39. The van der Waals surface area contributed by atoms with Gasteiger partial charge in [0.25, 0.3) is 5.56 Å². The summed E-state index contributed by atoms with van der Waals surface area (Å²) in [4.78, 5) is 27.0. The highest BCUT2D eigenvalue weighted by Crippen LogP contribution is 2.42. The Kier molecular flexibility index (Phi) is 3.47. The van der Waals surface area contributed by atoms with Crippen LogP contribution >= 0.6 is 11.5 Å². The number of hydrogen-bond donors (Lipinski definition) is 1. The minimum absolute atomic E-state index is 0.000998. The first-order valence-corrected chi connectivity index (χ1v) is 9.72. The summed E-state index contributed by atoms with van der Waals surface area (Å²) < 4.78 is 34.7. The number of hydrogen-bond acceptors (Lipinski definition) is 4. The van der Waals surface area contributed by atoms with Crippen molar-refractivity contribution in [2.75, 3.05) is 18.0 Å². The number of aromatic nitrogens is 2. The van der Waals surface area contributed by atoms with Crippen LogP contribution < -0.4 is 15.9 Å². The van der Waals surface area contributed by atoms with Crippen LogP contribution in [0.2, 0.25) is 0 Å². The topological polar surface area (TPSA) is 58.1 Å². The number of nitrogens with one attached hydrogen (secondary N) is 1. The number of fused-ring (bicyclic) bond motifs is 2. The number of rotatable bonds is 2. The van der Waals surface area contributed by atoms with E-state index in [1.54, 1.807) is 9.47 Å². The number of benzene rings is 1. The van der Waals surface area contributed by atoms with Gasteiger partial charge in [-0.05, 0) is 49.7 Å². The van der Waals surface area contributed by atoms with Crippen LogP contribution in [0.5, 0.6) is 0 Å². The molecule has 3 heterocycles. The molecule has 1 N–H and O–H groups in total. The summed E-state index contributed by atoms with van der Waals surface area (Å²) in [5.41, 5.74) is -1.01. The molecule has 1 saturated carbocycles. The predicted molar refractivity (Wildman–Crippen MR) is 98.5 cm³/mol. The van der Waals surface area contributed by atoms with Gasteiger partial charge in [0, 0.05) is 19.1 Å². The molecule has 1 aliphatic carbocycles. The van der Waals surface area contributed by atoms with E-state index in [4.69, 9.17) is 0 Å². The lowest BCUT2D eigenvalue weighted by molar-refractivity contribution is 0.532. The van der Waals surface area contributed by atoms with Crippen molar-refractivity contribution in [3.05, 3.63) is 38.3 Å². The maximum atomic E-state index is 15.6. The monoisotopic (exact) mass is 377 g/mol. The molecule has 0 unspecified atom stereocenters. The van der Waals surface area contributed by atoms with E-state index in [0.29, 0.717) is 17.9 Å². The SMILES string of the molecule is O=c1[nH]sc2c1c(=O)c1cc(F)c(N3CCCCC3)c(F)c1n2C1CC1. The van der Waals surface area contributed by atoms with E-state index in [-0.39, 0.29) is 28.0 Å². The highest BCUT2D eigenvalue weighted by atomic mass is 32.1. The number of piperidine rings is 1. The van der Waals surface area contributed by atoms with E-state index in [2.05, 4.69) is 4.37 Å². The number of halogens is 2. The van der Waals surface area contributed by atoms with Gasteiger partial charge in [0.05, 0.1) is 10.9 Å². The van der Waals surface area contributed by atoms with Gasteiger partial charge < -0.3 is 9.47 Å². The van der Waals surface area contributed by atoms with Gasteiger partial charge >= 0.3 is 0 Å². The molecule has 26 heavy (non-hydrogen) atoms. The molecule has 5 rings (SSSR count). The summed E-state index contributed by atoms with van der Waals surface area (Å²) in [6, 6.07) is 1.15. The molecule has 0 radical (unpaired) electrons. The Labute approximate surface area is 151 Å². The van der Waals surface area contributed by atoms with Gasteiger partial charge in [-0.15, -0.1) is 0 Å². The van der Waals surface area contributed by atoms with Crippen LogP contribution in [0.25, 0.3) is 21.1 Å². The second-order valence-corrected chi connectivity index (χ2v) is 7.90. The highest BCUT2D eigenvalue weighted by Gasteiger charge is 2.32. The molecular formula is C18H17F2N3O2S. The van der Waals surface area contributed by atoms with Gasteiger partial charge in [-0.2, -0.15) is 0 Å². The fourth-order valence-corrected chi connectivity index (χ4v) is 4.91. The fourth-order valence-electron chi connectivity index (χ4n) is 4.00. The van der Waals surface area contributed by atoms with Crippen molar-refractivity contribution in [2.24, 2.45) is 0 Å². The van der Waals surface area contributed by atoms with Crippen LogP contribution in [0.1, 0.15) is 38.1 Å². The Hall–Kier alpha value is -2.22.